The van der Waals surface area contributed by atoms with Gasteiger partial charge in [0.15, 0.2) is 0 Å². The Labute approximate surface area is 129 Å². The Morgan fingerprint density at radius 3 is 2.72 bits per heavy atom. The Balaban J connectivity index is 2.20. The maximum Gasteiger partial charge on any atom is 0.0520 e. The Bertz CT molecular complexity index is 542. The molecule has 5 heteroatoms. The van der Waals surface area contributed by atoms with Gasteiger partial charge in [0.25, 0.3) is 0 Å². The van der Waals surface area contributed by atoms with Gasteiger partial charge in [-0.3, -0.25) is 0 Å². The molecular weight excluding hydrogens is 353 g/mol. The minimum absolute atomic E-state index is 0.467. The van der Waals surface area contributed by atoms with Crippen molar-refractivity contribution in [3.05, 3.63) is 49.6 Å². The second kappa shape index (κ2) is 6.29. The van der Waals surface area contributed by atoms with E-state index in [-0.39, 0.29) is 0 Å². The first-order chi connectivity index (χ1) is 8.60. The summed E-state index contributed by atoms with van der Waals surface area (Å²) >= 11 is 17.2. The van der Waals surface area contributed by atoms with Crippen molar-refractivity contribution < 1.29 is 0 Å². The predicted molar refractivity (Wildman–Crippen MR) is 85.1 cm³/mol. The van der Waals surface area contributed by atoms with Gasteiger partial charge in [-0.05, 0) is 45.8 Å². The lowest BCUT2D eigenvalue weighted by Gasteiger charge is -2.21. The molecule has 0 aliphatic rings. The molecular formula is C13H12BrCl2NS. The standard InChI is InChI=1S/C13H12BrCl2NS/c1-17(7-12-5-10(14)8-18-12)13-3-2-11(16)4-9(13)6-15/h2-5,8H,6-7H2,1H3. The fourth-order valence-corrected chi connectivity index (χ4v) is 3.70. The number of anilines is 1. The lowest BCUT2D eigenvalue weighted by molar-refractivity contribution is 0.932. The van der Waals surface area contributed by atoms with Crippen LogP contribution in [0.2, 0.25) is 5.02 Å². The second-order valence-electron chi connectivity index (χ2n) is 3.99. The summed E-state index contributed by atoms with van der Waals surface area (Å²) in [5.74, 6) is 0.467. The molecule has 96 valence electrons. The van der Waals surface area contributed by atoms with Crippen LogP contribution in [-0.4, -0.2) is 7.05 Å². The Morgan fingerprint density at radius 1 is 1.33 bits per heavy atom. The highest BCUT2D eigenvalue weighted by molar-refractivity contribution is 9.10. The fourth-order valence-electron chi connectivity index (χ4n) is 1.79. The minimum atomic E-state index is 0.467. The van der Waals surface area contributed by atoms with E-state index in [1.165, 1.54) is 4.88 Å². The molecule has 2 rings (SSSR count). The molecule has 0 atom stereocenters. The van der Waals surface area contributed by atoms with Gasteiger partial charge >= 0.3 is 0 Å². The van der Waals surface area contributed by atoms with E-state index in [0.29, 0.717) is 5.88 Å². The van der Waals surface area contributed by atoms with Crippen molar-refractivity contribution in [2.24, 2.45) is 0 Å². The maximum absolute atomic E-state index is 5.98. The zero-order valence-electron chi connectivity index (χ0n) is 9.79. The number of rotatable bonds is 4. The van der Waals surface area contributed by atoms with Crippen LogP contribution in [0.4, 0.5) is 5.69 Å². The van der Waals surface area contributed by atoms with Gasteiger partial charge in [0.2, 0.25) is 0 Å². The molecule has 0 saturated heterocycles. The molecule has 0 radical (unpaired) electrons. The first kappa shape index (κ1) is 14.2. The van der Waals surface area contributed by atoms with Crippen LogP contribution in [0.1, 0.15) is 10.4 Å². The van der Waals surface area contributed by atoms with Gasteiger partial charge in [0, 0.05) is 38.4 Å². The molecule has 0 spiro atoms. The number of alkyl halides is 1. The van der Waals surface area contributed by atoms with Gasteiger partial charge in [0.05, 0.1) is 6.54 Å². The van der Waals surface area contributed by atoms with E-state index < -0.39 is 0 Å². The maximum atomic E-state index is 5.98. The van der Waals surface area contributed by atoms with Crippen molar-refractivity contribution in [2.45, 2.75) is 12.4 Å². The molecule has 1 heterocycles. The summed E-state index contributed by atoms with van der Waals surface area (Å²) in [4.78, 5) is 3.49. The van der Waals surface area contributed by atoms with Gasteiger partial charge < -0.3 is 4.90 Å². The summed E-state index contributed by atoms with van der Waals surface area (Å²) in [7, 11) is 2.06. The molecule has 0 N–H and O–H groups in total. The number of benzene rings is 1. The molecule has 0 bridgehead atoms. The third-order valence-corrected chi connectivity index (χ3v) is 4.82. The Hall–Kier alpha value is -0.220. The average molecular weight is 365 g/mol. The summed E-state index contributed by atoms with van der Waals surface area (Å²) < 4.78 is 1.13. The highest BCUT2D eigenvalue weighted by Gasteiger charge is 2.09. The van der Waals surface area contributed by atoms with Gasteiger partial charge in [0.1, 0.15) is 0 Å². The van der Waals surface area contributed by atoms with E-state index >= 15 is 0 Å². The van der Waals surface area contributed by atoms with E-state index in [0.717, 1.165) is 27.3 Å². The number of thiophene rings is 1. The van der Waals surface area contributed by atoms with E-state index in [1.54, 1.807) is 11.3 Å². The Kier molecular flexibility index (Phi) is 4.96. The summed E-state index contributed by atoms with van der Waals surface area (Å²) in [5, 5.41) is 2.81. The molecule has 1 aromatic heterocycles. The summed E-state index contributed by atoms with van der Waals surface area (Å²) in [6, 6.07) is 7.97. The van der Waals surface area contributed by atoms with Crippen molar-refractivity contribution >= 4 is 56.2 Å². The smallest absolute Gasteiger partial charge is 0.0520 e. The normalized spacial score (nSPS) is 10.7. The number of halogens is 3. The highest BCUT2D eigenvalue weighted by atomic mass is 79.9. The first-order valence-corrected chi connectivity index (χ1v) is 7.97. The third kappa shape index (κ3) is 3.41. The van der Waals surface area contributed by atoms with Crippen molar-refractivity contribution in [1.82, 2.24) is 0 Å². The average Bonchev–Trinajstić information content (AvgIpc) is 2.74. The van der Waals surface area contributed by atoms with Crippen LogP contribution in [0.3, 0.4) is 0 Å². The predicted octanol–water partition coefficient (Wildman–Crippen LogP) is 5.54. The van der Waals surface area contributed by atoms with E-state index in [1.807, 2.05) is 18.2 Å². The third-order valence-electron chi connectivity index (χ3n) is 2.61. The summed E-state index contributed by atoms with van der Waals surface area (Å²) in [6.45, 7) is 0.863. The number of hydrogen-bond acceptors (Lipinski definition) is 2. The van der Waals surface area contributed by atoms with E-state index in [2.05, 4.69) is 39.3 Å². The molecule has 1 nitrogen and oxygen atoms in total. The van der Waals surface area contributed by atoms with Gasteiger partial charge in [-0.1, -0.05) is 11.6 Å². The van der Waals surface area contributed by atoms with Crippen molar-refractivity contribution in [3.63, 3.8) is 0 Å². The molecule has 0 saturated carbocycles. The fraction of sp³-hybridized carbons (Fsp3) is 0.231. The molecule has 0 unspecified atom stereocenters. The van der Waals surface area contributed by atoms with Gasteiger partial charge in [-0.25, -0.2) is 0 Å². The molecule has 0 aliphatic heterocycles. The molecule has 1 aromatic carbocycles. The van der Waals surface area contributed by atoms with Gasteiger partial charge in [-0.2, -0.15) is 0 Å². The van der Waals surface area contributed by atoms with Crippen LogP contribution in [0.15, 0.2) is 34.1 Å². The first-order valence-electron chi connectivity index (χ1n) is 5.38. The van der Waals surface area contributed by atoms with Crippen LogP contribution in [0.5, 0.6) is 0 Å². The van der Waals surface area contributed by atoms with Crippen molar-refractivity contribution in [2.75, 3.05) is 11.9 Å². The molecule has 0 aliphatic carbocycles. The SMILES string of the molecule is CN(Cc1cc(Br)cs1)c1ccc(Cl)cc1CCl. The molecule has 0 fully saturated rings. The second-order valence-corrected chi connectivity index (χ2v) is 6.61. The van der Waals surface area contributed by atoms with Crippen LogP contribution < -0.4 is 4.90 Å². The van der Waals surface area contributed by atoms with Crippen LogP contribution >= 0.6 is 50.5 Å². The van der Waals surface area contributed by atoms with Crippen LogP contribution in [0, 0.1) is 0 Å². The van der Waals surface area contributed by atoms with E-state index in [4.69, 9.17) is 23.2 Å². The largest absolute Gasteiger partial charge is 0.369 e. The van der Waals surface area contributed by atoms with Crippen molar-refractivity contribution in [3.8, 4) is 0 Å². The quantitative estimate of drug-likeness (QED) is 0.644. The number of hydrogen-bond donors (Lipinski definition) is 0. The number of nitrogens with zero attached hydrogens (tertiary/aromatic N) is 1. The van der Waals surface area contributed by atoms with Crippen molar-refractivity contribution in [1.29, 1.82) is 0 Å². The molecule has 18 heavy (non-hydrogen) atoms. The summed E-state index contributed by atoms with van der Waals surface area (Å²) in [5.41, 5.74) is 2.18. The molecule has 0 amide bonds. The summed E-state index contributed by atoms with van der Waals surface area (Å²) in [6.07, 6.45) is 0. The molecule has 2 aromatic rings. The van der Waals surface area contributed by atoms with Gasteiger partial charge in [-0.15, -0.1) is 22.9 Å². The Morgan fingerprint density at radius 2 is 2.11 bits per heavy atom. The zero-order chi connectivity index (χ0) is 13.1. The lowest BCUT2D eigenvalue weighted by atomic mass is 10.2. The lowest BCUT2D eigenvalue weighted by Crippen LogP contribution is -2.17. The van der Waals surface area contributed by atoms with Crippen LogP contribution in [0.25, 0.3) is 0 Å². The monoisotopic (exact) mass is 363 g/mol. The highest BCUT2D eigenvalue weighted by Crippen LogP contribution is 2.28. The minimum Gasteiger partial charge on any atom is -0.369 e. The topological polar surface area (TPSA) is 3.24 Å². The van der Waals surface area contributed by atoms with E-state index in [9.17, 15) is 0 Å². The zero-order valence-corrected chi connectivity index (χ0v) is 13.7. The van der Waals surface area contributed by atoms with Crippen LogP contribution in [-0.2, 0) is 12.4 Å².